The van der Waals surface area contributed by atoms with Crippen molar-refractivity contribution in [3.05, 3.63) is 393 Å². The Balaban J connectivity index is 0.000000108. The normalized spacial score (nSPS) is 11.4. The zero-order chi connectivity index (χ0) is 87.4. The van der Waals surface area contributed by atoms with Gasteiger partial charge in [0, 0.05) is 70.6 Å². The third-order valence-corrected chi connectivity index (χ3v) is 21.1. The van der Waals surface area contributed by atoms with Gasteiger partial charge in [0.2, 0.25) is 0 Å². The summed E-state index contributed by atoms with van der Waals surface area (Å²) in [6.45, 7) is 0. The van der Waals surface area contributed by atoms with Crippen LogP contribution in [0, 0.1) is 0 Å². The zero-order valence-electron chi connectivity index (χ0n) is 68.6. The van der Waals surface area contributed by atoms with Gasteiger partial charge in [-0.15, -0.1) is 0 Å². The van der Waals surface area contributed by atoms with E-state index in [-0.39, 0.29) is 28.1 Å². The van der Waals surface area contributed by atoms with Gasteiger partial charge in [-0.3, -0.25) is 29.9 Å². The Hall–Kier alpha value is -13.5. The van der Waals surface area contributed by atoms with Crippen LogP contribution in [-0.4, -0.2) is 89.7 Å². The Morgan fingerprint density at radius 3 is 0.918 bits per heavy atom. The summed E-state index contributed by atoms with van der Waals surface area (Å²) in [5.41, 5.74) is 23.5. The molecule has 0 aliphatic carbocycles. The van der Waals surface area contributed by atoms with Crippen LogP contribution in [0.25, 0.3) is 178 Å². The third-order valence-electron chi connectivity index (χ3n) is 18.9. The molecule has 0 fully saturated rings. The average Bonchev–Trinajstić information content (AvgIpc) is 0.770. The summed E-state index contributed by atoms with van der Waals surface area (Å²) >= 11 is 20.1. The minimum atomic E-state index is -0.441. The molecule has 18 nitrogen and oxygen atoms in total. The lowest BCUT2D eigenvalue weighted by atomic mass is 10.0. The Bertz CT molecular complexity index is 7810. The fourth-order valence-electron chi connectivity index (χ4n) is 13.5. The number of hydrogen-bond donors (Lipinski definition) is 0. The quantitative estimate of drug-likeness (QED) is 0.129. The lowest BCUT2D eigenvalue weighted by Gasteiger charge is -2.08. The van der Waals surface area contributed by atoms with Gasteiger partial charge in [0.15, 0.2) is 28.4 Å². The van der Waals surface area contributed by atoms with E-state index < -0.39 is 18.1 Å². The van der Waals surface area contributed by atoms with Gasteiger partial charge in [-0.1, -0.05) is 243 Å². The van der Waals surface area contributed by atoms with Gasteiger partial charge in [-0.25, -0.2) is 59.8 Å². The molecule has 0 bridgehead atoms. The second-order valence-electron chi connectivity index (χ2n) is 26.6. The molecule has 22 rings (SSSR count). The van der Waals surface area contributed by atoms with Crippen LogP contribution in [0.5, 0.6) is 0 Å². The largest absolute Gasteiger partial charge is 0.252 e. The van der Waals surface area contributed by atoms with E-state index in [0.717, 1.165) is 122 Å². The van der Waals surface area contributed by atoms with Crippen LogP contribution in [0.1, 0.15) is 6.85 Å². The van der Waals surface area contributed by atoms with Crippen LogP contribution in [0.2, 0.25) is 0 Å². The van der Waals surface area contributed by atoms with E-state index in [4.69, 9.17) is 6.85 Å². The first-order valence-corrected chi connectivity index (χ1v) is 42.4. The molecular weight excluding hydrogens is 1910 g/mol. The number of halogens is 6. The van der Waals surface area contributed by atoms with E-state index in [2.05, 4.69) is 307 Å². The first-order valence-electron chi connectivity index (χ1n) is 40.1. The molecule has 0 saturated heterocycles. The predicted molar refractivity (Wildman–Crippen MR) is 509 cm³/mol. The Kier molecular flexibility index (Phi) is 23.5. The second-order valence-corrected chi connectivity index (χ2v) is 30.9. The van der Waals surface area contributed by atoms with Crippen molar-refractivity contribution in [1.82, 2.24) is 89.7 Å². The van der Waals surface area contributed by atoms with E-state index in [1.54, 1.807) is 49.3 Å². The van der Waals surface area contributed by atoms with Gasteiger partial charge >= 0.3 is 0 Å². The summed E-state index contributed by atoms with van der Waals surface area (Å²) in [4.78, 5) is 79.0. The molecule has 0 aliphatic heterocycles. The summed E-state index contributed by atoms with van der Waals surface area (Å²) < 4.78 is 42.4. The molecule has 22 aromatic rings. The molecule has 0 aliphatic rings. The highest BCUT2D eigenvalue weighted by Crippen LogP contribution is 2.36. The zero-order valence-corrected chi connectivity index (χ0v) is 73.1. The predicted octanol–water partition coefficient (Wildman–Crippen LogP) is 26.4. The summed E-state index contributed by atoms with van der Waals surface area (Å²) in [6, 6.07) is 97.1. The Morgan fingerprint density at radius 2 is 0.475 bits per heavy atom. The number of aromatic nitrogens is 18. The molecule has 0 N–H and O–H groups in total. The maximum atomic E-state index is 8.04. The van der Waals surface area contributed by atoms with Crippen LogP contribution in [0.3, 0.4) is 0 Å². The number of benzene rings is 10. The topological polar surface area (TPSA) is 232 Å². The Labute approximate surface area is 756 Å². The number of hydrogen-bond acceptors (Lipinski definition) is 18. The highest BCUT2D eigenvalue weighted by atomic mass is 79.9. The van der Waals surface area contributed by atoms with Crippen molar-refractivity contribution in [2.45, 2.75) is 0 Å². The number of rotatable bonds is 8. The van der Waals surface area contributed by atoms with Crippen LogP contribution >= 0.6 is 95.6 Å². The minimum absolute atomic E-state index is 0.0119. The van der Waals surface area contributed by atoms with Crippen molar-refractivity contribution in [3.63, 3.8) is 0 Å². The van der Waals surface area contributed by atoms with E-state index >= 15 is 0 Å². The molecule has 24 heteroatoms. The van der Waals surface area contributed by atoms with Gasteiger partial charge in [0.05, 0.1) is 40.0 Å². The molecule has 10 aromatic carbocycles. The SMILES string of the molecule is Brc1nc(-c2ccc(-c3ccccc3)cc2)c2ncccc2n1.Brc1nc(-c2ccc3ccccc3c2)c2ncccc2n1.Brc1nc(-c2cccc(-c3ccccc3)c2)c2ncccc2n1.Brc1nc(-c2cccc3ccccc23)c2ncccc2n1.Brc1nc(-c2ccccc2)c2ncccc2n1.[2H]c1c([2H])c([2H])c(-c2nc(Br)nc3cccnc23)c([2H])c1[2H]. The van der Waals surface area contributed by atoms with Gasteiger partial charge in [0.1, 0.15) is 67.3 Å². The molecule has 12 aromatic heterocycles. The molecule has 0 amide bonds. The van der Waals surface area contributed by atoms with Crippen LogP contribution < -0.4 is 0 Å². The van der Waals surface area contributed by atoms with Crippen LogP contribution in [0.4, 0.5) is 0 Å². The van der Waals surface area contributed by atoms with Crippen molar-refractivity contribution >= 4 is 183 Å². The average molecular weight is 1970 g/mol. The van der Waals surface area contributed by atoms with E-state index in [1.807, 2.05) is 164 Å². The maximum Gasteiger partial charge on any atom is 0.197 e. The molecule has 584 valence electrons. The number of nitrogens with zero attached hydrogens (tertiary/aromatic N) is 18. The molecule has 0 spiro atoms. The van der Waals surface area contributed by atoms with Crippen LogP contribution in [0.15, 0.2) is 393 Å². The summed E-state index contributed by atoms with van der Waals surface area (Å²) in [7, 11) is 0. The third kappa shape index (κ3) is 19.1. The summed E-state index contributed by atoms with van der Waals surface area (Å²) in [6.07, 6.45) is 10.4. The Morgan fingerprint density at radius 1 is 0.189 bits per heavy atom. The molecule has 12 heterocycles. The molecule has 0 saturated carbocycles. The van der Waals surface area contributed by atoms with E-state index in [1.165, 1.54) is 32.8 Å². The lowest BCUT2D eigenvalue weighted by Crippen LogP contribution is -1.94. The fourth-order valence-corrected chi connectivity index (χ4v) is 15.7. The monoisotopic (exact) mass is 1970 g/mol. The second kappa shape index (κ2) is 38.3. The van der Waals surface area contributed by atoms with Crippen molar-refractivity contribution in [2.24, 2.45) is 0 Å². The van der Waals surface area contributed by atoms with E-state index in [9.17, 15) is 0 Å². The highest BCUT2D eigenvalue weighted by Gasteiger charge is 2.18. The number of pyridine rings is 6. The maximum absolute atomic E-state index is 8.04. The smallest absolute Gasteiger partial charge is 0.197 e. The first-order chi connectivity index (χ1) is 62.0. The van der Waals surface area contributed by atoms with Crippen molar-refractivity contribution in [1.29, 1.82) is 0 Å². The lowest BCUT2D eigenvalue weighted by molar-refractivity contribution is 1.15. The van der Waals surface area contributed by atoms with Gasteiger partial charge in [-0.2, -0.15) is 0 Å². The molecule has 0 radical (unpaired) electrons. The molecule has 122 heavy (non-hydrogen) atoms. The van der Waals surface area contributed by atoms with Gasteiger partial charge < -0.3 is 0 Å². The van der Waals surface area contributed by atoms with Gasteiger partial charge in [0.25, 0.3) is 0 Å². The van der Waals surface area contributed by atoms with E-state index in [0.29, 0.717) is 34.7 Å². The number of fused-ring (bicyclic) bond motifs is 8. The summed E-state index contributed by atoms with van der Waals surface area (Å²) in [5, 5.41) is 4.76. The highest BCUT2D eigenvalue weighted by molar-refractivity contribution is 9.11. The van der Waals surface area contributed by atoms with Crippen molar-refractivity contribution in [2.75, 3.05) is 0 Å². The summed E-state index contributed by atoms with van der Waals surface area (Å²) in [5.74, 6) is 0. The standard InChI is InChI=1S/2C19H12BrN3.2C17H10BrN3.2C13H8BrN3/c20-19-22-16-10-5-11-21-18(16)17(23-19)15-9-4-8-14(12-15)13-6-2-1-3-7-13;20-19-22-16-7-4-12-21-18(16)17(23-19)15-10-8-14(9-11-15)13-5-2-1-3-6-13;18-17-20-14-9-4-10-19-16(14)15(21-17)13-8-3-6-11-5-1-2-7-12(11)13;18-17-20-14-6-3-9-19-16(14)15(21-17)13-8-7-11-4-1-2-5-12(11)10-13;2*14-13-16-10-7-4-8-15-12(10)11(17-13)9-5-2-1-3-6-9/h2*1-12H;2*1-10H;2*1-8H/i;;;;1D,2D,3D,5D,6D;. The van der Waals surface area contributed by atoms with Crippen molar-refractivity contribution < 1.29 is 6.85 Å². The van der Waals surface area contributed by atoms with Crippen molar-refractivity contribution in [3.8, 4) is 89.8 Å². The van der Waals surface area contributed by atoms with Gasteiger partial charge in [-0.05, 0) is 224 Å². The molecule has 0 unspecified atom stereocenters. The fraction of sp³-hybridized carbons (Fsp3) is 0. The first kappa shape index (κ1) is 74.8. The molecule has 0 atom stereocenters. The minimum Gasteiger partial charge on any atom is -0.252 e. The van der Waals surface area contributed by atoms with Crippen LogP contribution in [-0.2, 0) is 0 Å². The molecular formula is C98H60Br6N18.